The van der Waals surface area contributed by atoms with Crippen molar-refractivity contribution in [3.8, 4) is 6.07 Å². The molecule has 1 heterocycles. The van der Waals surface area contributed by atoms with Gasteiger partial charge in [-0.2, -0.15) is 5.26 Å². The zero-order chi connectivity index (χ0) is 14.5. The molecule has 0 spiro atoms. The average molecular weight is 349 g/mol. The van der Waals surface area contributed by atoms with Crippen LogP contribution >= 0.6 is 27.3 Å². The fourth-order valence-electron chi connectivity index (χ4n) is 1.98. The first-order valence-corrected chi connectivity index (χ1v) is 8.16. The lowest BCUT2D eigenvalue weighted by Crippen LogP contribution is -2.29. The van der Waals surface area contributed by atoms with Crippen LogP contribution in [0, 0.1) is 11.3 Å². The molecule has 0 fully saturated rings. The lowest BCUT2D eigenvalue weighted by Gasteiger charge is -2.26. The summed E-state index contributed by atoms with van der Waals surface area (Å²) < 4.78 is 1.18. The van der Waals surface area contributed by atoms with E-state index in [9.17, 15) is 0 Å². The molecule has 0 aliphatic heterocycles. The van der Waals surface area contributed by atoms with Crippen molar-refractivity contribution < 1.29 is 0 Å². The van der Waals surface area contributed by atoms with Crippen molar-refractivity contribution in [3.63, 3.8) is 0 Å². The van der Waals surface area contributed by atoms with Crippen LogP contribution in [0.15, 0.2) is 40.2 Å². The van der Waals surface area contributed by atoms with Gasteiger partial charge in [-0.1, -0.05) is 12.1 Å². The molecule has 0 bridgehead atoms. The highest BCUT2D eigenvalue weighted by Crippen LogP contribution is 2.24. The van der Waals surface area contributed by atoms with E-state index < -0.39 is 0 Å². The number of nitrogens with zero attached hydrogens (tertiary/aromatic N) is 2. The predicted octanol–water partition coefficient (Wildman–Crippen LogP) is 4.79. The molecule has 0 saturated carbocycles. The Morgan fingerprint density at radius 3 is 2.35 bits per heavy atom. The summed E-state index contributed by atoms with van der Waals surface area (Å²) in [5.74, 6) is 0. The summed E-state index contributed by atoms with van der Waals surface area (Å²) in [6.07, 6.45) is 0. The summed E-state index contributed by atoms with van der Waals surface area (Å²) in [6.45, 7) is 6.28. The molecule has 0 amide bonds. The monoisotopic (exact) mass is 348 g/mol. The molecule has 2 nitrogen and oxygen atoms in total. The van der Waals surface area contributed by atoms with E-state index in [2.05, 4.69) is 52.9 Å². The third-order valence-corrected chi connectivity index (χ3v) is 4.80. The molecule has 0 N–H and O–H groups in total. The van der Waals surface area contributed by atoms with Crippen molar-refractivity contribution in [2.45, 2.75) is 33.0 Å². The van der Waals surface area contributed by atoms with Crippen molar-refractivity contribution >= 4 is 27.3 Å². The Labute approximate surface area is 132 Å². The largest absolute Gasteiger partial charge is 0.292 e. The maximum Gasteiger partial charge on any atom is 0.0991 e. The van der Waals surface area contributed by atoms with E-state index in [1.807, 2.05) is 24.3 Å². The minimum atomic E-state index is 0.478. The van der Waals surface area contributed by atoms with Gasteiger partial charge in [0.05, 0.1) is 15.4 Å². The third-order valence-electron chi connectivity index (χ3n) is 3.19. The van der Waals surface area contributed by atoms with Gasteiger partial charge >= 0.3 is 0 Å². The van der Waals surface area contributed by atoms with Crippen LogP contribution in [-0.2, 0) is 13.1 Å². The second-order valence-corrected chi connectivity index (χ2v) is 7.56. The highest BCUT2D eigenvalue weighted by molar-refractivity contribution is 9.11. The maximum atomic E-state index is 8.83. The van der Waals surface area contributed by atoms with Gasteiger partial charge in [0.1, 0.15) is 0 Å². The number of benzene rings is 1. The van der Waals surface area contributed by atoms with E-state index in [1.54, 1.807) is 11.3 Å². The Kier molecular flexibility index (Phi) is 5.36. The van der Waals surface area contributed by atoms with Gasteiger partial charge < -0.3 is 0 Å². The number of halogens is 1. The predicted molar refractivity (Wildman–Crippen MR) is 87.6 cm³/mol. The summed E-state index contributed by atoms with van der Waals surface area (Å²) >= 11 is 5.29. The molecule has 2 aromatic rings. The summed E-state index contributed by atoms with van der Waals surface area (Å²) in [4.78, 5) is 3.79. The van der Waals surface area contributed by atoms with Crippen molar-refractivity contribution in [1.29, 1.82) is 5.26 Å². The Balaban J connectivity index is 2.07. The van der Waals surface area contributed by atoms with Gasteiger partial charge in [0.2, 0.25) is 0 Å². The van der Waals surface area contributed by atoms with Gasteiger partial charge in [0, 0.05) is 24.0 Å². The molecular formula is C16H17BrN2S. The van der Waals surface area contributed by atoms with Crippen molar-refractivity contribution in [2.24, 2.45) is 0 Å². The normalized spacial score (nSPS) is 11.0. The Morgan fingerprint density at radius 2 is 1.85 bits per heavy atom. The number of hydrogen-bond acceptors (Lipinski definition) is 3. The van der Waals surface area contributed by atoms with Crippen LogP contribution in [0.25, 0.3) is 0 Å². The van der Waals surface area contributed by atoms with E-state index >= 15 is 0 Å². The summed E-state index contributed by atoms with van der Waals surface area (Å²) in [6, 6.07) is 14.7. The second-order valence-electron chi connectivity index (χ2n) is 5.01. The van der Waals surface area contributed by atoms with Crippen LogP contribution in [-0.4, -0.2) is 10.9 Å². The smallest absolute Gasteiger partial charge is 0.0991 e. The first-order valence-electron chi connectivity index (χ1n) is 6.56. The van der Waals surface area contributed by atoms with E-state index in [4.69, 9.17) is 5.26 Å². The molecule has 104 valence electrons. The van der Waals surface area contributed by atoms with Crippen LogP contribution < -0.4 is 0 Å². The van der Waals surface area contributed by atoms with Crippen LogP contribution in [0.1, 0.15) is 29.9 Å². The van der Waals surface area contributed by atoms with E-state index in [-0.39, 0.29) is 0 Å². The Hall–Kier alpha value is -1.15. The fraction of sp³-hybridized carbons (Fsp3) is 0.312. The zero-order valence-corrected chi connectivity index (χ0v) is 14.0. The Bertz CT molecular complexity index is 596. The highest BCUT2D eigenvalue weighted by Gasteiger charge is 2.12. The Morgan fingerprint density at radius 1 is 1.15 bits per heavy atom. The summed E-state index contributed by atoms with van der Waals surface area (Å²) in [7, 11) is 0. The third kappa shape index (κ3) is 4.17. The molecule has 20 heavy (non-hydrogen) atoms. The quantitative estimate of drug-likeness (QED) is 0.776. The van der Waals surface area contributed by atoms with E-state index in [0.29, 0.717) is 11.6 Å². The zero-order valence-electron chi connectivity index (χ0n) is 11.6. The number of rotatable bonds is 5. The lowest BCUT2D eigenvalue weighted by molar-refractivity contribution is 0.205. The molecule has 2 rings (SSSR count). The van der Waals surface area contributed by atoms with Crippen molar-refractivity contribution in [1.82, 2.24) is 4.90 Å². The van der Waals surface area contributed by atoms with Gasteiger partial charge in [0.15, 0.2) is 0 Å². The maximum absolute atomic E-state index is 8.83. The highest BCUT2D eigenvalue weighted by atomic mass is 79.9. The van der Waals surface area contributed by atoms with E-state index in [0.717, 1.165) is 13.1 Å². The van der Waals surface area contributed by atoms with Gasteiger partial charge in [-0.05, 0) is 59.6 Å². The molecule has 0 radical (unpaired) electrons. The molecular weight excluding hydrogens is 332 g/mol. The second kappa shape index (κ2) is 7.03. The molecule has 0 aliphatic carbocycles. The van der Waals surface area contributed by atoms with Gasteiger partial charge in [-0.15, -0.1) is 11.3 Å². The number of thiophene rings is 1. The number of nitriles is 1. The van der Waals surface area contributed by atoms with Gasteiger partial charge in [-0.3, -0.25) is 4.90 Å². The molecule has 0 unspecified atom stereocenters. The summed E-state index contributed by atoms with van der Waals surface area (Å²) in [5, 5.41) is 8.83. The molecule has 4 heteroatoms. The van der Waals surface area contributed by atoms with Crippen molar-refractivity contribution in [3.05, 3.63) is 56.2 Å². The molecule has 0 saturated heterocycles. The van der Waals surface area contributed by atoms with Crippen molar-refractivity contribution in [2.75, 3.05) is 0 Å². The molecule has 1 aromatic carbocycles. The van der Waals surface area contributed by atoms with Gasteiger partial charge in [0.25, 0.3) is 0 Å². The van der Waals surface area contributed by atoms with Crippen LogP contribution in [0.4, 0.5) is 0 Å². The topological polar surface area (TPSA) is 27.0 Å². The SMILES string of the molecule is CC(C)N(Cc1ccc(C#N)cc1)Cc1ccc(Br)s1. The fourth-order valence-corrected chi connectivity index (χ4v) is 3.49. The molecule has 0 aliphatic rings. The van der Waals surface area contributed by atoms with Crippen LogP contribution in [0.3, 0.4) is 0 Å². The minimum Gasteiger partial charge on any atom is -0.292 e. The van der Waals surface area contributed by atoms with Crippen LogP contribution in [0.5, 0.6) is 0 Å². The molecule has 1 aromatic heterocycles. The standard InChI is InChI=1S/C16H17BrN2S/c1-12(2)19(11-15-7-8-16(17)20-15)10-14-5-3-13(9-18)4-6-14/h3-8,12H,10-11H2,1-2H3. The van der Waals surface area contributed by atoms with E-state index in [1.165, 1.54) is 14.2 Å². The average Bonchev–Trinajstić information content (AvgIpc) is 2.84. The molecule has 0 atom stereocenters. The first kappa shape index (κ1) is 15.2. The lowest BCUT2D eigenvalue weighted by atomic mass is 10.1. The van der Waals surface area contributed by atoms with Crippen LogP contribution in [0.2, 0.25) is 0 Å². The summed E-state index contributed by atoms with van der Waals surface area (Å²) in [5.41, 5.74) is 1.96. The van der Waals surface area contributed by atoms with Gasteiger partial charge in [-0.25, -0.2) is 0 Å². The minimum absolute atomic E-state index is 0.478. The first-order chi connectivity index (χ1) is 9.58. The number of hydrogen-bond donors (Lipinski definition) is 0.